The summed E-state index contributed by atoms with van der Waals surface area (Å²) in [5, 5.41) is 3.71. The fourth-order valence-electron chi connectivity index (χ4n) is 2.12. The van der Waals surface area contributed by atoms with Gasteiger partial charge in [0.2, 0.25) is 0 Å². The smallest absolute Gasteiger partial charge is 0.251 e. The summed E-state index contributed by atoms with van der Waals surface area (Å²) in [6.45, 7) is 0.444. The van der Waals surface area contributed by atoms with Crippen molar-refractivity contribution in [2.75, 3.05) is 7.11 Å². The lowest BCUT2D eigenvalue weighted by molar-refractivity contribution is 0.0950. The number of carbonyl (C=O) groups excluding carboxylic acids is 1. The van der Waals surface area contributed by atoms with Crippen molar-refractivity contribution in [1.29, 1.82) is 0 Å². The number of ether oxygens (including phenoxy) is 1. The number of methoxy groups -OCH3 is 1. The van der Waals surface area contributed by atoms with Gasteiger partial charge >= 0.3 is 0 Å². The van der Waals surface area contributed by atoms with Crippen LogP contribution in [0.3, 0.4) is 0 Å². The van der Waals surface area contributed by atoms with Crippen LogP contribution in [0, 0.1) is 0 Å². The topological polar surface area (TPSA) is 64.4 Å². The van der Waals surface area contributed by atoms with Crippen LogP contribution in [0.2, 0.25) is 0 Å². The molecule has 0 aliphatic heterocycles. The van der Waals surface area contributed by atoms with Crippen LogP contribution < -0.4 is 10.1 Å². The number of aromatic nitrogens is 1. The molecule has 0 bridgehead atoms. The minimum absolute atomic E-state index is 0.177. The molecule has 0 unspecified atom stereocenters. The molecule has 0 saturated heterocycles. The third-order valence-corrected chi connectivity index (χ3v) is 3.22. The molecule has 2 heterocycles. The van der Waals surface area contributed by atoms with Crippen molar-refractivity contribution < 1.29 is 13.9 Å². The normalized spacial score (nSPS) is 10.5. The molecule has 0 fully saturated rings. The van der Waals surface area contributed by atoms with Crippen LogP contribution in [0.15, 0.2) is 53.4 Å². The Kier molecular flexibility index (Phi) is 3.55. The summed E-state index contributed by atoms with van der Waals surface area (Å²) in [4.78, 5) is 16.2. The average molecular weight is 282 g/mol. The second kappa shape index (κ2) is 5.66. The molecule has 2 aromatic heterocycles. The number of nitrogens with zero attached hydrogens (tertiary/aromatic N) is 1. The maximum Gasteiger partial charge on any atom is 0.251 e. The number of fused-ring (bicyclic) bond motifs is 1. The van der Waals surface area contributed by atoms with Gasteiger partial charge in [0, 0.05) is 24.5 Å². The fraction of sp³-hybridized carbons (Fsp3) is 0.125. The number of pyridine rings is 1. The van der Waals surface area contributed by atoms with Crippen molar-refractivity contribution in [3.05, 3.63) is 60.1 Å². The van der Waals surface area contributed by atoms with Crippen molar-refractivity contribution in [1.82, 2.24) is 10.3 Å². The second-order valence-corrected chi connectivity index (χ2v) is 4.55. The van der Waals surface area contributed by atoms with Gasteiger partial charge in [-0.05, 0) is 35.9 Å². The Labute approximate surface area is 121 Å². The van der Waals surface area contributed by atoms with E-state index in [-0.39, 0.29) is 5.91 Å². The highest BCUT2D eigenvalue weighted by molar-refractivity contribution is 5.99. The van der Waals surface area contributed by atoms with Crippen LogP contribution in [0.1, 0.15) is 15.9 Å². The fourth-order valence-corrected chi connectivity index (χ4v) is 2.12. The SMILES string of the molecule is COc1cc(C(=O)NCc2ccncc2)cc2occc12. The van der Waals surface area contributed by atoms with Gasteiger partial charge in [0.1, 0.15) is 11.3 Å². The first-order chi connectivity index (χ1) is 10.3. The number of amides is 1. The number of carbonyl (C=O) groups is 1. The molecular formula is C16H14N2O3. The Hall–Kier alpha value is -2.82. The highest BCUT2D eigenvalue weighted by Crippen LogP contribution is 2.28. The molecule has 1 amide bonds. The Morgan fingerprint density at radius 1 is 1.29 bits per heavy atom. The molecule has 0 saturated carbocycles. The zero-order valence-electron chi connectivity index (χ0n) is 11.5. The van der Waals surface area contributed by atoms with Crippen LogP contribution in [-0.2, 0) is 6.54 Å². The van der Waals surface area contributed by atoms with E-state index in [0.717, 1.165) is 10.9 Å². The van der Waals surface area contributed by atoms with Gasteiger partial charge in [-0.1, -0.05) is 0 Å². The Morgan fingerprint density at radius 2 is 2.10 bits per heavy atom. The summed E-state index contributed by atoms with van der Waals surface area (Å²) in [6, 6.07) is 8.94. The standard InChI is InChI=1S/C16H14N2O3/c1-20-14-8-12(9-15-13(14)4-7-21-15)16(19)18-10-11-2-5-17-6-3-11/h2-9H,10H2,1H3,(H,18,19). The summed E-state index contributed by atoms with van der Waals surface area (Å²) < 4.78 is 10.6. The average Bonchev–Trinajstić information content (AvgIpc) is 3.01. The first kappa shape index (κ1) is 13.2. The molecule has 21 heavy (non-hydrogen) atoms. The Morgan fingerprint density at radius 3 is 2.86 bits per heavy atom. The first-order valence-electron chi connectivity index (χ1n) is 6.50. The summed E-state index contributed by atoms with van der Waals surface area (Å²) >= 11 is 0. The largest absolute Gasteiger partial charge is 0.496 e. The molecule has 0 aliphatic rings. The van der Waals surface area contributed by atoms with Crippen LogP contribution in [0.4, 0.5) is 0 Å². The summed E-state index contributed by atoms with van der Waals surface area (Å²) in [5.74, 6) is 0.443. The van der Waals surface area contributed by atoms with E-state index < -0.39 is 0 Å². The maximum atomic E-state index is 12.2. The van der Waals surface area contributed by atoms with Gasteiger partial charge in [-0.15, -0.1) is 0 Å². The third-order valence-electron chi connectivity index (χ3n) is 3.22. The quantitative estimate of drug-likeness (QED) is 0.799. The summed E-state index contributed by atoms with van der Waals surface area (Å²) in [5.41, 5.74) is 2.12. The van der Waals surface area contributed by atoms with Gasteiger partial charge in [0.05, 0.1) is 18.8 Å². The Bertz CT molecular complexity index is 766. The van der Waals surface area contributed by atoms with Gasteiger partial charge in [-0.2, -0.15) is 0 Å². The highest BCUT2D eigenvalue weighted by Gasteiger charge is 2.12. The van der Waals surface area contributed by atoms with Gasteiger partial charge in [0.25, 0.3) is 5.91 Å². The molecule has 1 N–H and O–H groups in total. The van der Waals surface area contributed by atoms with E-state index in [1.54, 1.807) is 37.9 Å². The summed E-state index contributed by atoms with van der Waals surface area (Å²) in [6.07, 6.45) is 4.96. The van der Waals surface area contributed by atoms with E-state index in [2.05, 4.69) is 10.3 Å². The molecule has 3 rings (SSSR count). The van der Waals surface area contributed by atoms with Crippen LogP contribution >= 0.6 is 0 Å². The van der Waals surface area contributed by atoms with Crippen molar-refractivity contribution in [3.63, 3.8) is 0 Å². The van der Waals surface area contributed by atoms with Crippen molar-refractivity contribution >= 4 is 16.9 Å². The van der Waals surface area contributed by atoms with Crippen LogP contribution in [0.25, 0.3) is 11.0 Å². The molecule has 1 aromatic carbocycles. The molecule has 0 spiro atoms. The molecule has 5 heteroatoms. The monoisotopic (exact) mass is 282 g/mol. The van der Waals surface area contributed by atoms with Crippen LogP contribution in [-0.4, -0.2) is 18.0 Å². The molecule has 5 nitrogen and oxygen atoms in total. The van der Waals surface area contributed by atoms with E-state index in [1.165, 1.54) is 0 Å². The van der Waals surface area contributed by atoms with Gasteiger partial charge in [0.15, 0.2) is 0 Å². The molecular weight excluding hydrogens is 268 g/mol. The van der Waals surface area contributed by atoms with E-state index in [9.17, 15) is 4.79 Å². The van der Waals surface area contributed by atoms with E-state index >= 15 is 0 Å². The highest BCUT2D eigenvalue weighted by atomic mass is 16.5. The number of benzene rings is 1. The third kappa shape index (κ3) is 2.72. The first-order valence-corrected chi connectivity index (χ1v) is 6.50. The summed E-state index contributed by atoms with van der Waals surface area (Å²) in [7, 11) is 1.57. The number of rotatable bonds is 4. The van der Waals surface area contributed by atoms with Crippen molar-refractivity contribution in [2.45, 2.75) is 6.54 Å². The van der Waals surface area contributed by atoms with Crippen molar-refractivity contribution in [3.8, 4) is 5.75 Å². The van der Waals surface area contributed by atoms with Gasteiger partial charge in [-0.25, -0.2) is 0 Å². The van der Waals surface area contributed by atoms with Crippen molar-refractivity contribution in [2.24, 2.45) is 0 Å². The molecule has 0 atom stereocenters. The number of furan rings is 1. The molecule has 3 aromatic rings. The second-order valence-electron chi connectivity index (χ2n) is 4.55. The number of hydrogen-bond acceptors (Lipinski definition) is 4. The lowest BCUT2D eigenvalue weighted by atomic mass is 10.1. The molecule has 0 aliphatic carbocycles. The Balaban J connectivity index is 1.81. The maximum absolute atomic E-state index is 12.2. The lowest BCUT2D eigenvalue weighted by Gasteiger charge is -2.07. The predicted molar refractivity (Wildman–Crippen MR) is 78.2 cm³/mol. The van der Waals surface area contributed by atoms with Gasteiger partial charge < -0.3 is 14.5 Å². The minimum atomic E-state index is -0.177. The van der Waals surface area contributed by atoms with E-state index in [4.69, 9.17) is 9.15 Å². The van der Waals surface area contributed by atoms with E-state index in [1.807, 2.05) is 18.2 Å². The number of hydrogen-bond donors (Lipinski definition) is 1. The van der Waals surface area contributed by atoms with E-state index in [0.29, 0.717) is 23.4 Å². The molecule has 0 radical (unpaired) electrons. The van der Waals surface area contributed by atoms with Crippen LogP contribution in [0.5, 0.6) is 5.75 Å². The zero-order chi connectivity index (χ0) is 14.7. The predicted octanol–water partition coefficient (Wildman–Crippen LogP) is 2.77. The lowest BCUT2D eigenvalue weighted by Crippen LogP contribution is -2.22. The number of nitrogens with one attached hydrogen (secondary N) is 1. The zero-order valence-corrected chi connectivity index (χ0v) is 11.5. The minimum Gasteiger partial charge on any atom is -0.496 e. The van der Waals surface area contributed by atoms with Gasteiger partial charge in [-0.3, -0.25) is 9.78 Å². The molecule has 106 valence electrons.